The van der Waals surface area contributed by atoms with E-state index in [4.69, 9.17) is 0 Å². The standard InChI is InChI=1S/C38H26/c1-3-7-27(8-4-1)11-13-29-15-21-35-31(23-29)17-19-33-26-38-34(25-37(33)35)20-18-32-24-30(16-22-36(32)38)14-12-28-9-5-2-6-10-28/h1-26H/b13-11+,14-12+. The van der Waals surface area contributed by atoms with Gasteiger partial charge in [-0.25, -0.2) is 0 Å². The Balaban J connectivity index is 1.27. The molecule has 7 aromatic carbocycles. The van der Waals surface area contributed by atoms with E-state index in [1.807, 2.05) is 12.1 Å². The van der Waals surface area contributed by atoms with Gasteiger partial charge in [0, 0.05) is 0 Å². The van der Waals surface area contributed by atoms with Crippen molar-refractivity contribution in [3.63, 3.8) is 0 Å². The lowest BCUT2D eigenvalue weighted by Crippen LogP contribution is -1.83. The van der Waals surface area contributed by atoms with Gasteiger partial charge in [-0.15, -0.1) is 0 Å². The molecular formula is C38H26. The normalized spacial score (nSPS) is 12.0. The lowest BCUT2D eigenvalue weighted by Gasteiger charge is -2.10. The average molecular weight is 483 g/mol. The molecule has 7 rings (SSSR count). The van der Waals surface area contributed by atoms with Crippen molar-refractivity contribution in [3.8, 4) is 0 Å². The number of rotatable bonds is 4. The van der Waals surface area contributed by atoms with Crippen molar-refractivity contribution in [1.82, 2.24) is 0 Å². The molecule has 0 nitrogen and oxygen atoms in total. The SMILES string of the molecule is C(=C\c1ccc2c(ccc3cc4c(ccc5cc(/C=C/c6ccccc6)ccc54)cc32)c1)/c1ccccc1. The summed E-state index contributed by atoms with van der Waals surface area (Å²) in [6.45, 7) is 0. The highest BCUT2D eigenvalue weighted by Crippen LogP contribution is 2.34. The molecule has 0 aliphatic carbocycles. The molecule has 178 valence electrons. The number of benzene rings is 7. The van der Waals surface area contributed by atoms with Crippen LogP contribution in [0.1, 0.15) is 22.3 Å². The van der Waals surface area contributed by atoms with Crippen molar-refractivity contribution in [1.29, 1.82) is 0 Å². The fraction of sp³-hybridized carbons (Fsp3) is 0. The fourth-order valence-corrected chi connectivity index (χ4v) is 5.38. The third-order valence-electron chi connectivity index (χ3n) is 7.37. The first-order valence-electron chi connectivity index (χ1n) is 13.1. The van der Waals surface area contributed by atoms with Crippen LogP contribution in [0.25, 0.3) is 67.4 Å². The number of hydrogen-bond donors (Lipinski definition) is 0. The molecule has 0 radical (unpaired) electrons. The maximum atomic E-state index is 2.36. The van der Waals surface area contributed by atoms with Crippen LogP contribution < -0.4 is 0 Å². The lowest BCUT2D eigenvalue weighted by atomic mass is 9.94. The minimum atomic E-state index is 1.21. The summed E-state index contributed by atoms with van der Waals surface area (Å²) in [6, 6.07) is 48.2. The molecule has 0 spiro atoms. The van der Waals surface area contributed by atoms with Gasteiger partial charge in [0.2, 0.25) is 0 Å². The highest BCUT2D eigenvalue weighted by molar-refractivity contribution is 6.17. The van der Waals surface area contributed by atoms with Crippen molar-refractivity contribution in [2.45, 2.75) is 0 Å². The van der Waals surface area contributed by atoms with Gasteiger partial charge in [0.15, 0.2) is 0 Å². The van der Waals surface area contributed by atoms with Crippen molar-refractivity contribution in [3.05, 3.63) is 156 Å². The van der Waals surface area contributed by atoms with Gasteiger partial charge in [0.25, 0.3) is 0 Å². The zero-order chi connectivity index (χ0) is 25.3. The Hall–Kier alpha value is -4.94. The lowest BCUT2D eigenvalue weighted by molar-refractivity contribution is 1.66. The van der Waals surface area contributed by atoms with Crippen LogP contribution in [0, 0.1) is 0 Å². The summed E-state index contributed by atoms with van der Waals surface area (Å²) in [5, 5.41) is 10.3. The van der Waals surface area contributed by atoms with Crippen molar-refractivity contribution < 1.29 is 0 Å². The van der Waals surface area contributed by atoms with Gasteiger partial charge in [-0.3, -0.25) is 0 Å². The molecule has 38 heavy (non-hydrogen) atoms. The summed E-state index contributed by atoms with van der Waals surface area (Å²) >= 11 is 0. The maximum absolute atomic E-state index is 2.36. The van der Waals surface area contributed by atoms with E-state index in [1.54, 1.807) is 0 Å². The van der Waals surface area contributed by atoms with Crippen LogP contribution in [0.3, 0.4) is 0 Å². The Bertz CT molecular complexity index is 1840. The van der Waals surface area contributed by atoms with Gasteiger partial charge in [0.1, 0.15) is 0 Å². The predicted octanol–water partition coefficient (Wildman–Crippen LogP) is 10.6. The topological polar surface area (TPSA) is 0 Å². The maximum Gasteiger partial charge on any atom is -0.00990 e. The predicted molar refractivity (Wildman–Crippen MR) is 167 cm³/mol. The Kier molecular flexibility index (Phi) is 5.57. The van der Waals surface area contributed by atoms with Crippen molar-refractivity contribution in [2.24, 2.45) is 0 Å². The summed E-state index contributed by atoms with van der Waals surface area (Å²) in [6.07, 6.45) is 8.72. The summed E-state index contributed by atoms with van der Waals surface area (Å²) in [5.41, 5.74) is 4.85. The number of hydrogen-bond acceptors (Lipinski definition) is 0. The molecule has 0 aliphatic rings. The van der Waals surface area contributed by atoms with E-state index in [9.17, 15) is 0 Å². The smallest absolute Gasteiger partial charge is 0.00990 e. The molecule has 0 heterocycles. The molecule has 0 unspecified atom stereocenters. The van der Waals surface area contributed by atoms with E-state index >= 15 is 0 Å². The summed E-state index contributed by atoms with van der Waals surface area (Å²) in [7, 11) is 0. The van der Waals surface area contributed by atoms with E-state index in [1.165, 1.54) is 65.3 Å². The second-order valence-corrected chi connectivity index (χ2v) is 9.87. The second-order valence-electron chi connectivity index (χ2n) is 9.87. The van der Waals surface area contributed by atoms with Crippen LogP contribution in [-0.2, 0) is 0 Å². The summed E-state index contributed by atoms with van der Waals surface area (Å²) < 4.78 is 0. The molecule has 0 heteroatoms. The molecule has 7 aromatic rings. The molecule has 0 N–H and O–H groups in total. The van der Waals surface area contributed by atoms with Crippen LogP contribution >= 0.6 is 0 Å². The van der Waals surface area contributed by atoms with Gasteiger partial charge < -0.3 is 0 Å². The van der Waals surface area contributed by atoms with Crippen LogP contribution in [0.2, 0.25) is 0 Å². The monoisotopic (exact) mass is 482 g/mol. The highest BCUT2D eigenvalue weighted by Gasteiger charge is 2.07. The zero-order valence-corrected chi connectivity index (χ0v) is 21.0. The summed E-state index contributed by atoms with van der Waals surface area (Å²) in [5.74, 6) is 0. The molecular weight excluding hydrogens is 456 g/mol. The molecule has 0 amide bonds. The van der Waals surface area contributed by atoms with Crippen LogP contribution in [0.15, 0.2) is 133 Å². The Morgan fingerprint density at radius 3 is 1.05 bits per heavy atom. The molecule has 0 bridgehead atoms. The van der Waals surface area contributed by atoms with Gasteiger partial charge in [-0.05, 0) is 89.6 Å². The van der Waals surface area contributed by atoms with E-state index in [2.05, 4.69) is 146 Å². The highest BCUT2D eigenvalue weighted by atomic mass is 14.1. The molecule has 0 aliphatic heterocycles. The largest absolute Gasteiger partial charge is 0.0622 e. The van der Waals surface area contributed by atoms with Crippen molar-refractivity contribution in [2.75, 3.05) is 0 Å². The fourth-order valence-electron chi connectivity index (χ4n) is 5.38. The Morgan fingerprint density at radius 1 is 0.263 bits per heavy atom. The van der Waals surface area contributed by atoms with Gasteiger partial charge in [0.05, 0.1) is 0 Å². The third kappa shape index (κ3) is 4.27. The van der Waals surface area contributed by atoms with Crippen LogP contribution in [0.4, 0.5) is 0 Å². The molecule has 0 saturated carbocycles. The minimum Gasteiger partial charge on any atom is -0.0622 e. The van der Waals surface area contributed by atoms with Gasteiger partial charge in [-0.2, -0.15) is 0 Å². The van der Waals surface area contributed by atoms with E-state index in [-0.39, 0.29) is 0 Å². The van der Waals surface area contributed by atoms with E-state index in [0.29, 0.717) is 0 Å². The van der Waals surface area contributed by atoms with Crippen LogP contribution in [0.5, 0.6) is 0 Å². The van der Waals surface area contributed by atoms with Crippen LogP contribution in [-0.4, -0.2) is 0 Å². The minimum absolute atomic E-state index is 1.21. The molecule has 0 saturated heterocycles. The van der Waals surface area contributed by atoms with E-state index < -0.39 is 0 Å². The Labute approximate surface area is 222 Å². The molecule has 0 aromatic heterocycles. The zero-order valence-electron chi connectivity index (χ0n) is 21.0. The van der Waals surface area contributed by atoms with Gasteiger partial charge >= 0.3 is 0 Å². The Morgan fingerprint density at radius 2 is 0.632 bits per heavy atom. The first kappa shape index (κ1) is 22.3. The quantitative estimate of drug-likeness (QED) is 0.133. The average Bonchev–Trinajstić information content (AvgIpc) is 2.98. The number of fused-ring (bicyclic) bond motifs is 6. The first-order valence-corrected chi connectivity index (χ1v) is 13.1. The van der Waals surface area contributed by atoms with E-state index in [0.717, 1.165) is 0 Å². The van der Waals surface area contributed by atoms with Gasteiger partial charge in [-0.1, -0.05) is 133 Å². The molecule has 0 fully saturated rings. The van der Waals surface area contributed by atoms with Crippen molar-refractivity contribution >= 4 is 67.4 Å². The molecule has 0 atom stereocenters. The third-order valence-corrected chi connectivity index (χ3v) is 7.37. The summed E-state index contributed by atoms with van der Waals surface area (Å²) in [4.78, 5) is 0. The second kappa shape index (κ2) is 9.50. The first-order chi connectivity index (χ1) is 18.8.